The molecule has 1 fully saturated rings. The van der Waals surface area contributed by atoms with Crippen LogP contribution in [0.1, 0.15) is 37.8 Å². The number of benzene rings is 1. The van der Waals surface area contributed by atoms with Gasteiger partial charge in [-0.05, 0) is 70.5 Å². The molecule has 0 bridgehead atoms. The summed E-state index contributed by atoms with van der Waals surface area (Å²) >= 11 is 0. The maximum Gasteiger partial charge on any atom is 0.137 e. The first kappa shape index (κ1) is 20.0. The molecule has 2 atom stereocenters. The zero-order valence-electron chi connectivity index (χ0n) is 17.7. The molecule has 3 aromatic rings. The Morgan fingerprint density at radius 1 is 1.33 bits per heavy atom. The fourth-order valence-corrected chi connectivity index (χ4v) is 4.11. The van der Waals surface area contributed by atoms with E-state index >= 15 is 0 Å². The third-order valence-corrected chi connectivity index (χ3v) is 5.70. The van der Waals surface area contributed by atoms with E-state index < -0.39 is 0 Å². The van der Waals surface area contributed by atoms with Crippen molar-refractivity contribution < 1.29 is 4.74 Å². The largest absolute Gasteiger partial charge is 0.494 e. The van der Waals surface area contributed by atoms with Crippen molar-refractivity contribution in [2.75, 3.05) is 23.8 Å². The molecule has 0 spiro atoms. The fourth-order valence-electron chi connectivity index (χ4n) is 4.11. The minimum absolute atomic E-state index is 0.210. The van der Waals surface area contributed by atoms with Gasteiger partial charge < -0.3 is 20.7 Å². The Morgan fingerprint density at radius 2 is 2.13 bits per heavy atom. The lowest BCUT2D eigenvalue weighted by molar-refractivity contribution is 0.340. The average Bonchev–Trinajstić information content (AvgIpc) is 3.45. The van der Waals surface area contributed by atoms with E-state index in [1.165, 1.54) is 6.42 Å². The highest BCUT2D eigenvalue weighted by atomic mass is 16.5. The number of ether oxygens (including phenoxy) is 1. The number of nitrogens with zero attached hydrogens (tertiary/aromatic N) is 3. The molecule has 0 radical (unpaired) electrons. The van der Waals surface area contributed by atoms with E-state index in [2.05, 4.69) is 34.0 Å². The molecule has 1 aliphatic heterocycles. The van der Waals surface area contributed by atoms with Crippen molar-refractivity contribution >= 4 is 22.7 Å². The van der Waals surface area contributed by atoms with Gasteiger partial charge in [-0.15, -0.1) is 0 Å². The highest BCUT2D eigenvalue weighted by Gasteiger charge is 2.24. The van der Waals surface area contributed by atoms with Crippen LogP contribution in [0.15, 0.2) is 36.5 Å². The zero-order valence-corrected chi connectivity index (χ0v) is 17.7. The number of pyridine rings is 1. The van der Waals surface area contributed by atoms with E-state index in [1.54, 1.807) is 10.7 Å². The second-order valence-electron chi connectivity index (χ2n) is 7.68. The molecule has 4 rings (SSSR count). The maximum atomic E-state index is 9.92. The van der Waals surface area contributed by atoms with Crippen molar-refractivity contribution in [3.63, 3.8) is 0 Å². The van der Waals surface area contributed by atoms with Gasteiger partial charge in [0.2, 0.25) is 0 Å². The summed E-state index contributed by atoms with van der Waals surface area (Å²) in [6.45, 7) is 7.85. The third kappa shape index (κ3) is 3.79. The molecular weight excluding hydrogens is 376 g/mol. The second kappa shape index (κ2) is 8.64. The van der Waals surface area contributed by atoms with Crippen LogP contribution < -0.4 is 20.7 Å². The fraction of sp³-hybridized carbons (Fsp3) is 0.391. The molecular formula is C23H28N6O. The van der Waals surface area contributed by atoms with Crippen molar-refractivity contribution in [1.82, 2.24) is 14.9 Å². The molecule has 7 nitrogen and oxygen atoms in total. The topological polar surface area (TPSA) is 86.4 Å². The Labute approximate surface area is 177 Å². The number of anilines is 3. The van der Waals surface area contributed by atoms with Gasteiger partial charge in [0, 0.05) is 23.3 Å². The van der Waals surface area contributed by atoms with Crippen LogP contribution in [0.4, 0.5) is 17.2 Å². The molecule has 3 N–H and O–H groups in total. The third-order valence-electron chi connectivity index (χ3n) is 5.70. The lowest BCUT2D eigenvalue weighted by Crippen LogP contribution is -2.38. The van der Waals surface area contributed by atoms with Crippen LogP contribution in [0.2, 0.25) is 0 Å². The Hall–Kier alpha value is -3.24. The van der Waals surface area contributed by atoms with Gasteiger partial charge in [0.05, 0.1) is 24.0 Å². The monoisotopic (exact) mass is 404 g/mol. The number of rotatable bonds is 7. The van der Waals surface area contributed by atoms with Crippen LogP contribution in [0.25, 0.3) is 5.52 Å². The molecule has 1 aliphatic rings. The molecule has 0 saturated carbocycles. The van der Waals surface area contributed by atoms with Crippen LogP contribution in [0, 0.1) is 18.3 Å². The van der Waals surface area contributed by atoms with Gasteiger partial charge in [-0.3, -0.25) is 0 Å². The minimum Gasteiger partial charge on any atom is -0.494 e. The lowest BCUT2D eigenvalue weighted by atomic mass is 10.0. The predicted molar refractivity (Wildman–Crippen MR) is 120 cm³/mol. The molecule has 2 aromatic heterocycles. The van der Waals surface area contributed by atoms with E-state index in [1.807, 2.05) is 44.2 Å². The van der Waals surface area contributed by atoms with E-state index in [-0.39, 0.29) is 6.04 Å². The van der Waals surface area contributed by atoms with Gasteiger partial charge in [0.1, 0.15) is 23.2 Å². The Balaban J connectivity index is 1.72. The maximum absolute atomic E-state index is 9.92. The zero-order chi connectivity index (χ0) is 21.1. The number of nitriles is 1. The standard InChI is InChI=1S/C23H28N6O/c1-4-30-18-9-7-17(8-10-18)28-23-15(2)22(27-16(3)20-6-5-12-25-20)19(14-24)21-11-13-26-29(21)23/h7-11,13,16,20,25,27-28H,4-6,12H2,1-3H3. The van der Waals surface area contributed by atoms with Crippen molar-refractivity contribution in [2.24, 2.45) is 0 Å². The first-order valence-corrected chi connectivity index (χ1v) is 10.5. The minimum atomic E-state index is 0.210. The van der Waals surface area contributed by atoms with Gasteiger partial charge in [0.25, 0.3) is 0 Å². The van der Waals surface area contributed by atoms with Crippen LogP contribution in [0.3, 0.4) is 0 Å². The van der Waals surface area contributed by atoms with Crippen LogP contribution >= 0.6 is 0 Å². The van der Waals surface area contributed by atoms with Gasteiger partial charge in [-0.2, -0.15) is 10.4 Å². The SMILES string of the molecule is CCOc1ccc(Nc2c(C)c(NC(C)C3CCCN3)c(C#N)c3ccnn23)cc1. The number of aromatic nitrogens is 2. The van der Waals surface area contributed by atoms with Crippen molar-refractivity contribution in [2.45, 2.75) is 45.7 Å². The first-order chi connectivity index (χ1) is 14.6. The van der Waals surface area contributed by atoms with Gasteiger partial charge >= 0.3 is 0 Å². The number of hydrogen-bond acceptors (Lipinski definition) is 6. The quantitative estimate of drug-likeness (QED) is 0.547. The van der Waals surface area contributed by atoms with Crippen LogP contribution in [-0.4, -0.2) is 34.8 Å². The molecule has 30 heavy (non-hydrogen) atoms. The molecule has 7 heteroatoms. The molecule has 1 aromatic carbocycles. The Bertz CT molecular complexity index is 1060. The Kier molecular flexibility index (Phi) is 5.77. The summed E-state index contributed by atoms with van der Waals surface area (Å²) in [5, 5.41) is 25.0. The summed E-state index contributed by atoms with van der Waals surface area (Å²) in [5.74, 6) is 1.68. The lowest BCUT2D eigenvalue weighted by Gasteiger charge is -2.25. The average molecular weight is 405 g/mol. The van der Waals surface area contributed by atoms with Gasteiger partial charge in [0.15, 0.2) is 0 Å². The number of fused-ring (bicyclic) bond motifs is 1. The molecule has 3 heterocycles. The van der Waals surface area contributed by atoms with Crippen LogP contribution in [-0.2, 0) is 0 Å². The van der Waals surface area contributed by atoms with Crippen molar-refractivity contribution in [3.8, 4) is 11.8 Å². The van der Waals surface area contributed by atoms with E-state index in [9.17, 15) is 5.26 Å². The highest BCUT2D eigenvalue weighted by molar-refractivity contribution is 5.82. The highest BCUT2D eigenvalue weighted by Crippen LogP contribution is 2.34. The second-order valence-corrected chi connectivity index (χ2v) is 7.68. The molecule has 1 saturated heterocycles. The molecule has 0 amide bonds. The number of nitrogens with one attached hydrogen (secondary N) is 3. The van der Waals surface area contributed by atoms with E-state index in [4.69, 9.17) is 4.74 Å². The summed E-state index contributed by atoms with van der Waals surface area (Å²) < 4.78 is 7.34. The summed E-state index contributed by atoms with van der Waals surface area (Å²) in [4.78, 5) is 0. The molecule has 2 unspecified atom stereocenters. The smallest absolute Gasteiger partial charge is 0.137 e. The molecule has 0 aliphatic carbocycles. The normalized spacial score (nSPS) is 16.9. The number of hydrogen-bond donors (Lipinski definition) is 3. The van der Waals surface area contributed by atoms with Gasteiger partial charge in [-0.1, -0.05) is 0 Å². The molecule has 156 valence electrons. The van der Waals surface area contributed by atoms with Crippen molar-refractivity contribution in [1.29, 1.82) is 5.26 Å². The summed E-state index contributed by atoms with van der Waals surface area (Å²) in [5.41, 5.74) is 4.15. The first-order valence-electron chi connectivity index (χ1n) is 10.5. The van der Waals surface area contributed by atoms with Crippen LogP contribution in [0.5, 0.6) is 5.75 Å². The van der Waals surface area contributed by atoms with Gasteiger partial charge in [-0.25, -0.2) is 4.52 Å². The van der Waals surface area contributed by atoms with E-state index in [0.29, 0.717) is 18.2 Å². The van der Waals surface area contributed by atoms with E-state index in [0.717, 1.165) is 47.0 Å². The summed E-state index contributed by atoms with van der Waals surface area (Å²) in [7, 11) is 0. The summed E-state index contributed by atoms with van der Waals surface area (Å²) in [6, 6.07) is 12.7. The Morgan fingerprint density at radius 3 is 2.80 bits per heavy atom. The predicted octanol–water partition coefficient (Wildman–Crippen LogP) is 4.21. The summed E-state index contributed by atoms with van der Waals surface area (Å²) in [6.07, 6.45) is 4.05. The van der Waals surface area contributed by atoms with Crippen molar-refractivity contribution in [3.05, 3.63) is 47.7 Å².